The number of carbonyl (C=O) groups excluding carboxylic acids is 1. The molecule has 0 aromatic heterocycles. The predicted octanol–water partition coefficient (Wildman–Crippen LogP) is 5.14. The van der Waals surface area contributed by atoms with Gasteiger partial charge in [0.1, 0.15) is 5.82 Å². The monoisotopic (exact) mass is 361 g/mol. The molecule has 1 aliphatic heterocycles. The summed E-state index contributed by atoms with van der Waals surface area (Å²) < 4.78 is 18.0. The average molecular weight is 362 g/mol. The summed E-state index contributed by atoms with van der Waals surface area (Å²) in [7, 11) is 0. The molecule has 2 aromatic rings. The number of esters is 1. The van der Waals surface area contributed by atoms with Gasteiger partial charge in [0.25, 0.3) is 0 Å². The molecule has 3 nitrogen and oxygen atoms in total. The molecule has 0 N–H and O–H groups in total. The van der Waals surface area contributed by atoms with Crippen molar-refractivity contribution in [2.45, 2.75) is 0 Å². The Bertz CT molecular complexity index is 886. The lowest BCUT2D eigenvalue weighted by atomic mass is 10.2. The SMILES string of the molecule is O=C1OC(/C=C/c2cccc(Cl)c2Cl)=NC/1=C\c1ccc(F)cc1. The van der Waals surface area contributed by atoms with Crippen LogP contribution >= 0.6 is 23.2 Å². The lowest BCUT2D eigenvalue weighted by Gasteiger charge is -1.99. The molecule has 1 heterocycles. The Morgan fingerprint density at radius 3 is 2.54 bits per heavy atom. The lowest BCUT2D eigenvalue weighted by Crippen LogP contribution is -2.01. The van der Waals surface area contributed by atoms with E-state index < -0.39 is 5.97 Å². The second kappa shape index (κ2) is 6.99. The van der Waals surface area contributed by atoms with Crippen LogP contribution in [0.2, 0.25) is 10.0 Å². The smallest absolute Gasteiger partial charge is 0.363 e. The van der Waals surface area contributed by atoms with E-state index in [0.717, 1.165) is 0 Å². The van der Waals surface area contributed by atoms with Crippen LogP contribution in [-0.4, -0.2) is 11.9 Å². The minimum atomic E-state index is -0.573. The molecule has 1 aliphatic rings. The minimum Gasteiger partial charge on any atom is -0.403 e. The van der Waals surface area contributed by atoms with Crippen LogP contribution in [0, 0.1) is 5.82 Å². The van der Waals surface area contributed by atoms with E-state index in [1.54, 1.807) is 36.4 Å². The number of cyclic esters (lactones) is 1. The summed E-state index contributed by atoms with van der Waals surface area (Å²) in [6.07, 6.45) is 4.71. The Hall–Kier alpha value is -2.43. The molecule has 24 heavy (non-hydrogen) atoms. The Morgan fingerprint density at radius 1 is 1.04 bits per heavy atom. The van der Waals surface area contributed by atoms with E-state index in [-0.39, 0.29) is 17.4 Å². The van der Waals surface area contributed by atoms with Gasteiger partial charge in [0, 0.05) is 6.08 Å². The van der Waals surface area contributed by atoms with Gasteiger partial charge in [-0.05, 0) is 41.5 Å². The third-order valence-electron chi connectivity index (χ3n) is 3.20. The summed E-state index contributed by atoms with van der Waals surface area (Å²) >= 11 is 12.0. The van der Waals surface area contributed by atoms with Crippen molar-refractivity contribution in [3.63, 3.8) is 0 Å². The zero-order chi connectivity index (χ0) is 17.1. The molecule has 0 saturated carbocycles. The van der Waals surface area contributed by atoms with Gasteiger partial charge in [0.15, 0.2) is 5.70 Å². The first-order chi connectivity index (χ1) is 11.5. The number of hydrogen-bond acceptors (Lipinski definition) is 3. The molecular formula is C18H10Cl2FNO2. The number of halogens is 3. The standard InChI is InChI=1S/C18H10Cl2FNO2/c19-14-3-1-2-12(17(14)20)6-9-16-22-15(18(23)24-16)10-11-4-7-13(21)8-5-11/h1-10H/b9-6+,15-10-. The number of aliphatic imine (C=N–C) groups is 1. The molecular weight excluding hydrogens is 352 g/mol. The van der Waals surface area contributed by atoms with Gasteiger partial charge in [-0.25, -0.2) is 14.2 Å². The zero-order valence-corrected chi connectivity index (χ0v) is 13.7. The maximum Gasteiger partial charge on any atom is 0.363 e. The molecule has 0 atom stereocenters. The van der Waals surface area contributed by atoms with Gasteiger partial charge in [-0.1, -0.05) is 47.5 Å². The summed E-state index contributed by atoms with van der Waals surface area (Å²) in [5.41, 5.74) is 1.47. The molecule has 0 spiro atoms. The summed E-state index contributed by atoms with van der Waals surface area (Å²) in [6.45, 7) is 0. The average Bonchev–Trinajstić information content (AvgIpc) is 2.91. The Balaban J connectivity index is 1.82. The van der Waals surface area contributed by atoms with Crippen molar-refractivity contribution < 1.29 is 13.9 Å². The van der Waals surface area contributed by atoms with Gasteiger partial charge in [0.2, 0.25) is 5.90 Å². The predicted molar refractivity (Wildman–Crippen MR) is 93.4 cm³/mol. The second-order valence-electron chi connectivity index (χ2n) is 4.90. The third kappa shape index (κ3) is 3.72. The van der Waals surface area contributed by atoms with E-state index >= 15 is 0 Å². The van der Waals surface area contributed by atoms with Crippen molar-refractivity contribution in [3.05, 3.63) is 81.2 Å². The summed E-state index contributed by atoms with van der Waals surface area (Å²) in [5.74, 6) is -0.780. The Labute approximate surface area is 147 Å². The van der Waals surface area contributed by atoms with E-state index in [4.69, 9.17) is 27.9 Å². The molecule has 0 bridgehead atoms. The minimum absolute atomic E-state index is 0.137. The normalized spacial score (nSPS) is 15.9. The molecule has 0 fully saturated rings. The largest absolute Gasteiger partial charge is 0.403 e. The first-order valence-electron chi connectivity index (χ1n) is 6.93. The van der Waals surface area contributed by atoms with Crippen LogP contribution in [0.4, 0.5) is 4.39 Å². The van der Waals surface area contributed by atoms with E-state index in [0.29, 0.717) is 21.2 Å². The van der Waals surface area contributed by atoms with E-state index in [1.807, 2.05) is 0 Å². The number of rotatable bonds is 3. The van der Waals surface area contributed by atoms with E-state index in [1.165, 1.54) is 24.3 Å². The van der Waals surface area contributed by atoms with Crippen molar-refractivity contribution in [2.24, 2.45) is 4.99 Å². The highest BCUT2D eigenvalue weighted by atomic mass is 35.5. The highest BCUT2D eigenvalue weighted by Gasteiger charge is 2.21. The number of nitrogens with zero attached hydrogens (tertiary/aromatic N) is 1. The number of ether oxygens (including phenoxy) is 1. The fraction of sp³-hybridized carbons (Fsp3) is 0. The van der Waals surface area contributed by atoms with Gasteiger partial charge < -0.3 is 4.74 Å². The number of carbonyl (C=O) groups is 1. The van der Waals surface area contributed by atoms with Crippen LogP contribution in [-0.2, 0) is 9.53 Å². The number of hydrogen-bond donors (Lipinski definition) is 0. The fourth-order valence-corrected chi connectivity index (χ4v) is 2.39. The molecule has 0 unspecified atom stereocenters. The Morgan fingerprint density at radius 2 is 1.79 bits per heavy atom. The van der Waals surface area contributed by atoms with E-state index in [2.05, 4.69) is 4.99 Å². The molecule has 0 saturated heterocycles. The van der Waals surface area contributed by atoms with Crippen molar-refractivity contribution in [3.8, 4) is 0 Å². The van der Waals surface area contributed by atoms with Crippen LogP contribution in [0.15, 0.2) is 59.2 Å². The molecule has 0 radical (unpaired) electrons. The van der Waals surface area contributed by atoms with Gasteiger partial charge in [-0.3, -0.25) is 0 Å². The summed E-state index contributed by atoms with van der Waals surface area (Å²) in [6, 6.07) is 10.9. The molecule has 3 rings (SSSR count). The summed E-state index contributed by atoms with van der Waals surface area (Å²) in [5, 5.41) is 0.837. The molecule has 120 valence electrons. The molecule has 6 heteroatoms. The van der Waals surface area contributed by atoms with Gasteiger partial charge in [0.05, 0.1) is 10.0 Å². The van der Waals surface area contributed by atoms with Crippen LogP contribution in [0.3, 0.4) is 0 Å². The van der Waals surface area contributed by atoms with Crippen LogP contribution < -0.4 is 0 Å². The highest BCUT2D eigenvalue weighted by Crippen LogP contribution is 2.26. The first-order valence-corrected chi connectivity index (χ1v) is 7.69. The summed E-state index contributed by atoms with van der Waals surface area (Å²) in [4.78, 5) is 15.9. The maximum absolute atomic E-state index is 12.9. The van der Waals surface area contributed by atoms with Crippen LogP contribution in [0.5, 0.6) is 0 Å². The highest BCUT2D eigenvalue weighted by molar-refractivity contribution is 6.42. The second-order valence-corrected chi connectivity index (χ2v) is 5.68. The van der Waals surface area contributed by atoms with Crippen molar-refractivity contribution in [1.82, 2.24) is 0 Å². The zero-order valence-electron chi connectivity index (χ0n) is 12.2. The first kappa shape index (κ1) is 16.4. The van der Waals surface area contributed by atoms with E-state index in [9.17, 15) is 9.18 Å². The van der Waals surface area contributed by atoms with Crippen LogP contribution in [0.25, 0.3) is 12.2 Å². The molecule has 0 amide bonds. The lowest BCUT2D eigenvalue weighted by molar-refractivity contribution is -0.129. The molecule has 2 aromatic carbocycles. The third-order valence-corrected chi connectivity index (χ3v) is 4.03. The van der Waals surface area contributed by atoms with Gasteiger partial charge in [-0.2, -0.15) is 0 Å². The van der Waals surface area contributed by atoms with Gasteiger partial charge >= 0.3 is 5.97 Å². The van der Waals surface area contributed by atoms with Gasteiger partial charge in [-0.15, -0.1) is 0 Å². The number of benzene rings is 2. The molecule has 0 aliphatic carbocycles. The quantitative estimate of drug-likeness (QED) is 0.560. The van der Waals surface area contributed by atoms with Crippen molar-refractivity contribution in [2.75, 3.05) is 0 Å². The topological polar surface area (TPSA) is 38.7 Å². The maximum atomic E-state index is 12.9. The van der Waals surface area contributed by atoms with Crippen LogP contribution in [0.1, 0.15) is 11.1 Å². The fourth-order valence-electron chi connectivity index (χ4n) is 2.02. The van der Waals surface area contributed by atoms with Crippen molar-refractivity contribution >= 4 is 47.2 Å². The van der Waals surface area contributed by atoms with Crippen molar-refractivity contribution in [1.29, 1.82) is 0 Å². The Kier molecular flexibility index (Phi) is 4.79.